The van der Waals surface area contributed by atoms with Crippen molar-refractivity contribution in [1.82, 2.24) is 0 Å². The Labute approximate surface area is 168 Å². The number of halogens is 1. The summed E-state index contributed by atoms with van der Waals surface area (Å²) in [5.74, 6) is 0.446. The number of nitrogens with one attached hydrogen (secondary N) is 1. The molecular formula is C22H20ClNO2S. The Hall–Kier alpha value is -2.43. The van der Waals surface area contributed by atoms with Crippen LogP contribution in [-0.2, 0) is 4.79 Å². The average molecular weight is 398 g/mol. The van der Waals surface area contributed by atoms with Crippen molar-refractivity contribution >= 4 is 35.0 Å². The van der Waals surface area contributed by atoms with Gasteiger partial charge in [-0.3, -0.25) is 4.79 Å². The summed E-state index contributed by atoms with van der Waals surface area (Å²) in [5.41, 5.74) is 0.773. The second-order valence-corrected chi connectivity index (χ2v) is 7.42. The third kappa shape index (κ3) is 5.52. The molecule has 0 saturated carbocycles. The Morgan fingerprint density at radius 2 is 1.67 bits per heavy atom. The first-order valence-corrected chi connectivity index (χ1v) is 9.90. The van der Waals surface area contributed by atoms with Gasteiger partial charge in [0.05, 0.1) is 5.69 Å². The van der Waals surface area contributed by atoms with E-state index in [0.717, 1.165) is 15.5 Å². The molecule has 1 amide bonds. The van der Waals surface area contributed by atoms with E-state index in [1.54, 1.807) is 36.0 Å². The number of amides is 1. The molecular weight excluding hydrogens is 378 g/mol. The molecule has 0 bridgehead atoms. The van der Waals surface area contributed by atoms with E-state index in [0.29, 0.717) is 17.2 Å². The quantitative estimate of drug-likeness (QED) is 0.509. The lowest BCUT2D eigenvalue weighted by molar-refractivity contribution is -0.122. The summed E-state index contributed by atoms with van der Waals surface area (Å²) in [6, 6.07) is 24.8. The fraction of sp³-hybridized carbons (Fsp3) is 0.136. The maximum absolute atomic E-state index is 12.7. The first kappa shape index (κ1) is 19.3. The highest BCUT2D eigenvalue weighted by Gasteiger charge is 2.19. The second-order valence-electron chi connectivity index (χ2n) is 5.87. The van der Waals surface area contributed by atoms with Crippen molar-refractivity contribution in [2.75, 3.05) is 5.32 Å². The summed E-state index contributed by atoms with van der Waals surface area (Å²) in [6.07, 6.45) is -0.0245. The lowest BCUT2D eigenvalue weighted by Gasteiger charge is -2.18. The predicted molar refractivity (Wildman–Crippen MR) is 112 cm³/mol. The van der Waals surface area contributed by atoms with Crippen LogP contribution in [0.25, 0.3) is 0 Å². The van der Waals surface area contributed by atoms with Crippen LogP contribution >= 0.6 is 23.4 Å². The van der Waals surface area contributed by atoms with Gasteiger partial charge < -0.3 is 10.1 Å². The molecule has 0 aliphatic rings. The zero-order valence-electron chi connectivity index (χ0n) is 14.9. The van der Waals surface area contributed by atoms with Gasteiger partial charge in [0, 0.05) is 14.8 Å². The van der Waals surface area contributed by atoms with Crippen LogP contribution in [0.15, 0.2) is 88.7 Å². The molecule has 0 heterocycles. The van der Waals surface area contributed by atoms with Crippen LogP contribution in [0.5, 0.6) is 5.75 Å². The first-order valence-electron chi connectivity index (χ1n) is 8.70. The smallest absolute Gasteiger partial charge is 0.265 e. The second kappa shape index (κ2) is 9.49. The number of para-hydroxylation sites is 1. The minimum Gasteiger partial charge on any atom is -0.481 e. The molecule has 138 valence electrons. The van der Waals surface area contributed by atoms with Crippen molar-refractivity contribution in [1.29, 1.82) is 0 Å². The van der Waals surface area contributed by atoms with Gasteiger partial charge >= 0.3 is 0 Å². The Kier molecular flexibility index (Phi) is 6.80. The molecule has 1 atom stereocenters. The van der Waals surface area contributed by atoms with Crippen LogP contribution in [0.2, 0.25) is 5.02 Å². The largest absolute Gasteiger partial charge is 0.481 e. The van der Waals surface area contributed by atoms with Gasteiger partial charge in [0.1, 0.15) is 5.75 Å². The van der Waals surface area contributed by atoms with Crippen LogP contribution in [-0.4, -0.2) is 12.0 Å². The van der Waals surface area contributed by atoms with Crippen molar-refractivity contribution in [3.05, 3.63) is 83.9 Å². The monoisotopic (exact) mass is 397 g/mol. The van der Waals surface area contributed by atoms with Gasteiger partial charge in [0.15, 0.2) is 6.10 Å². The molecule has 0 aliphatic heterocycles. The molecule has 3 aromatic carbocycles. The molecule has 0 saturated heterocycles. The van der Waals surface area contributed by atoms with Crippen LogP contribution < -0.4 is 10.1 Å². The summed E-state index contributed by atoms with van der Waals surface area (Å²) in [6.45, 7) is 1.92. The van der Waals surface area contributed by atoms with Crippen molar-refractivity contribution < 1.29 is 9.53 Å². The maximum Gasteiger partial charge on any atom is 0.265 e. The summed E-state index contributed by atoms with van der Waals surface area (Å²) < 4.78 is 5.83. The van der Waals surface area contributed by atoms with E-state index >= 15 is 0 Å². The topological polar surface area (TPSA) is 38.3 Å². The molecule has 3 aromatic rings. The van der Waals surface area contributed by atoms with Crippen LogP contribution in [0.3, 0.4) is 0 Å². The van der Waals surface area contributed by atoms with Gasteiger partial charge in [-0.15, -0.1) is 0 Å². The van der Waals surface area contributed by atoms with E-state index < -0.39 is 6.10 Å². The third-order valence-corrected chi connectivity index (χ3v) is 5.21. The molecule has 0 aromatic heterocycles. The number of hydrogen-bond donors (Lipinski definition) is 1. The maximum atomic E-state index is 12.7. The van der Waals surface area contributed by atoms with Gasteiger partial charge in [0.25, 0.3) is 5.91 Å². The highest BCUT2D eigenvalue weighted by atomic mass is 35.5. The standard InChI is InChI=1S/C22H20ClNO2S/c1-2-20(26-17-14-12-16(23)13-15-17)22(25)24-19-10-6-7-11-21(19)27-18-8-4-3-5-9-18/h3-15,20H,2H2,1H3,(H,24,25)/t20-/m1/s1. The molecule has 0 spiro atoms. The Bertz CT molecular complexity index is 884. The lowest BCUT2D eigenvalue weighted by atomic mass is 10.2. The fourth-order valence-corrected chi connectivity index (χ4v) is 3.54. The third-order valence-electron chi connectivity index (χ3n) is 3.87. The van der Waals surface area contributed by atoms with Crippen LogP contribution in [0.1, 0.15) is 13.3 Å². The summed E-state index contributed by atoms with van der Waals surface area (Å²) in [5, 5.41) is 3.63. The van der Waals surface area contributed by atoms with Gasteiger partial charge in [-0.25, -0.2) is 0 Å². The molecule has 0 unspecified atom stereocenters. The fourth-order valence-electron chi connectivity index (χ4n) is 2.49. The number of ether oxygens (including phenoxy) is 1. The van der Waals surface area contributed by atoms with Crippen LogP contribution in [0, 0.1) is 0 Å². The Balaban J connectivity index is 1.71. The highest BCUT2D eigenvalue weighted by Crippen LogP contribution is 2.33. The normalized spacial score (nSPS) is 11.6. The lowest BCUT2D eigenvalue weighted by Crippen LogP contribution is -2.32. The Morgan fingerprint density at radius 3 is 2.37 bits per heavy atom. The number of benzene rings is 3. The molecule has 3 nitrogen and oxygen atoms in total. The van der Waals surface area contributed by atoms with Crippen molar-refractivity contribution in [3.8, 4) is 5.75 Å². The summed E-state index contributed by atoms with van der Waals surface area (Å²) >= 11 is 7.51. The van der Waals surface area contributed by atoms with Crippen LogP contribution in [0.4, 0.5) is 5.69 Å². The number of carbonyl (C=O) groups excluding carboxylic acids is 1. The number of hydrogen-bond acceptors (Lipinski definition) is 3. The van der Waals surface area contributed by atoms with E-state index in [4.69, 9.17) is 16.3 Å². The van der Waals surface area contributed by atoms with E-state index in [9.17, 15) is 4.79 Å². The van der Waals surface area contributed by atoms with E-state index in [2.05, 4.69) is 5.32 Å². The highest BCUT2D eigenvalue weighted by molar-refractivity contribution is 7.99. The zero-order valence-corrected chi connectivity index (χ0v) is 16.5. The molecule has 0 radical (unpaired) electrons. The molecule has 3 rings (SSSR count). The molecule has 0 fully saturated rings. The number of rotatable bonds is 7. The molecule has 0 aliphatic carbocycles. The summed E-state index contributed by atoms with van der Waals surface area (Å²) in [7, 11) is 0. The minimum atomic E-state index is -0.582. The number of carbonyl (C=O) groups is 1. The van der Waals surface area contributed by atoms with Gasteiger partial charge in [-0.1, -0.05) is 60.6 Å². The molecule has 27 heavy (non-hydrogen) atoms. The average Bonchev–Trinajstić information content (AvgIpc) is 2.70. The zero-order chi connectivity index (χ0) is 19.1. The van der Waals surface area contributed by atoms with E-state index in [1.165, 1.54) is 0 Å². The van der Waals surface area contributed by atoms with Gasteiger partial charge in [-0.2, -0.15) is 0 Å². The minimum absolute atomic E-state index is 0.173. The molecule has 5 heteroatoms. The predicted octanol–water partition coefficient (Wildman–Crippen LogP) is 6.29. The first-order chi connectivity index (χ1) is 13.2. The van der Waals surface area contributed by atoms with Crippen molar-refractivity contribution in [2.45, 2.75) is 29.2 Å². The van der Waals surface area contributed by atoms with Gasteiger partial charge in [-0.05, 0) is 55.0 Å². The molecule has 1 N–H and O–H groups in total. The Morgan fingerprint density at radius 1 is 1.00 bits per heavy atom. The number of anilines is 1. The SMILES string of the molecule is CC[C@@H](Oc1ccc(Cl)cc1)C(=O)Nc1ccccc1Sc1ccccc1. The van der Waals surface area contributed by atoms with E-state index in [1.807, 2.05) is 61.5 Å². The van der Waals surface area contributed by atoms with E-state index in [-0.39, 0.29) is 5.91 Å². The van der Waals surface area contributed by atoms with Crippen molar-refractivity contribution in [3.63, 3.8) is 0 Å². The van der Waals surface area contributed by atoms with Crippen molar-refractivity contribution in [2.24, 2.45) is 0 Å². The summed E-state index contributed by atoms with van der Waals surface area (Å²) in [4.78, 5) is 14.8. The van der Waals surface area contributed by atoms with Gasteiger partial charge in [0.2, 0.25) is 0 Å².